The predicted octanol–water partition coefficient (Wildman–Crippen LogP) is 0.646. The number of aromatic nitrogens is 2. The first-order chi connectivity index (χ1) is 9.58. The first kappa shape index (κ1) is 14.6. The summed E-state index contributed by atoms with van der Waals surface area (Å²) in [5, 5.41) is 2.82. The second-order valence-corrected chi connectivity index (χ2v) is 5.52. The SMILES string of the molecule is CC(C)C1NC(=O)CCN(CCCn2ccnc2)C1=O. The van der Waals surface area contributed by atoms with Gasteiger partial charge in [0.05, 0.1) is 6.33 Å². The molecule has 6 heteroatoms. The number of aryl methyl sites for hydroxylation is 1. The van der Waals surface area contributed by atoms with Crippen molar-refractivity contribution in [1.82, 2.24) is 19.8 Å². The number of hydrogen-bond donors (Lipinski definition) is 1. The summed E-state index contributed by atoms with van der Waals surface area (Å²) >= 11 is 0. The van der Waals surface area contributed by atoms with E-state index < -0.39 is 6.04 Å². The van der Waals surface area contributed by atoms with Gasteiger partial charge in [0.15, 0.2) is 0 Å². The van der Waals surface area contributed by atoms with Crippen molar-refractivity contribution in [3.05, 3.63) is 18.7 Å². The van der Waals surface area contributed by atoms with Gasteiger partial charge in [-0.15, -0.1) is 0 Å². The molecular formula is C14H22N4O2. The molecule has 0 aromatic carbocycles. The van der Waals surface area contributed by atoms with Crippen LogP contribution in [0.2, 0.25) is 0 Å². The van der Waals surface area contributed by atoms with Crippen LogP contribution in [0.25, 0.3) is 0 Å². The van der Waals surface area contributed by atoms with Crippen molar-refractivity contribution < 1.29 is 9.59 Å². The quantitative estimate of drug-likeness (QED) is 0.859. The van der Waals surface area contributed by atoms with Gasteiger partial charge in [-0.25, -0.2) is 4.98 Å². The Kier molecular flexibility index (Phi) is 4.76. The number of carbonyl (C=O) groups is 2. The maximum Gasteiger partial charge on any atom is 0.245 e. The van der Waals surface area contributed by atoms with Crippen LogP contribution in [0, 0.1) is 5.92 Å². The highest BCUT2D eigenvalue weighted by atomic mass is 16.2. The van der Waals surface area contributed by atoms with Gasteiger partial charge in [-0.1, -0.05) is 13.8 Å². The van der Waals surface area contributed by atoms with Gasteiger partial charge in [0.2, 0.25) is 11.8 Å². The molecule has 1 aromatic rings. The van der Waals surface area contributed by atoms with Crippen LogP contribution >= 0.6 is 0 Å². The van der Waals surface area contributed by atoms with Crippen LogP contribution in [-0.4, -0.2) is 45.4 Å². The van der Waals surface area contributed by atoms with Gasteiger partial charge in [-0.2, -0.15) is 0 Å². The molecule has 0 bridgehead atoms. The van der Waals surface area contributed by atoms with Crippen LogP contribution in [0.4, 0.5) is 0 Å². The molecule has 2 amide bonds. The van der Waals surface area contributed by atoms with Crippen LogP contribution < -0.4 is 5.32 Å². The van der Waals surface area contributed by atoms with Crippen molar-refractivity contribution in [1.29, 1.82) is 0 Å². The molecule has 2 heterocycles. The summed E-state index contributed by atoms with van der Waals surface area (Å²) in [6, 6.07) is -0.391. The Hall–Kier alpha value is -1.85. The molecule has 1 aliphatic rings. The van der Waals surface area contributed by atoms with E-state index in [0.717, 1.165) is 13.0 Å². The predicted molar refractivity (Wildman–Crippen MR) is 74.8 cm³/mol. The maximum atomic E-state index is 12.4. The smallest absolute Gasteiger partial charge is 0.245 e. The van der Waals surface area contributed by atoms with Gasteiger partial charge in [-0.05, 0) is 12.3 Å². The van der Waals surface area contributed by atoms with Crippen LogP contribution in [0.3, 0.4) is 0 Å². The second-order valence-electron chi connectivity index (χ2n) is 5.52. The third-order valence-electron chi connectivity index (χ3n) is 3.57. The summed E-state index contributed by atoms with van der Waals surface area (Å²) in [5.41, 5.74) is 0. The molecule has 1 atom stereocenters. The lowest BCUT2D eigenvalue weighted by Crippen LogP contribution is -2.48. The Morgan fingerprint density at radius 2 is 2.20 bits per heavy atom. The minimum absolute atomic E-state index is 0.0332. The van der Waals surface area contributed by atoms with Gasteiger partial charge < -0.3 is 14.8 Å². The van der Waals surface area contributed by atoms with Crippen LogP contribution in [0.15, 0.2) is 18.7 Å². The summed E-state index contributed by atoms with van der Waals surface area (Å²) in [7, 11) is 0. The van der Waals surface area contributed by atoms with E-state index in [0.29, 0.717) is 19.5 Å². The molecule has 0 radical (unpaired) electrons. The Balaban J connectivity index is 1.91. The largest absolute Gasteiger partial charge is 0.344 e. The van der Waals surface area contributed by atoms with Gasteiger partial charge in [0.1, 0.15) is 6.04 Å². The minimum Gasteiger partial charge on any atom is -0.344 e. The number of carbonyl (C=O) groups excluding carboxylic acids is 2. The molecule has 20 heavy (non-hydrogen) atoms. The molecule has 1 saturated heterocycles. The van der Waals surface area contributed by atoms with Gasteiger partial charge >= 0.3 is 0 Å². The van der Waals surface area contributed by atoms with E-state index in [1.165, 1.54) is 0 Å². The fraction of sp³-hybridized carbons (Fsp3) is 0.643. The minimum atomic E-state index is -0.391. The normalized spacial score (nSPS) is 20.1. The van der Waals surface area contributed by atoms with Gasteiger partial charge in [-0.3, -0.25) is 9.59 Å². The molecule has 1 fully saturated rings. The molecule has 2 rings (SSSR count). The van der Waals surface area contributed by atoms with Crippen molar-refractivity contribution in [3.8, 4) is 0 Å². The summed E-state index contributed by atoms with van der Waals surface area (Å²) in [6.07, 6.45) is 6.67. The zero-order chi connectivity index (χ0) is 14.5. The van der Waals surface area contributed by atoms with Crippen LogP contribution in [0.5, 0.6) is 0 Å². The molecule has 110 valence electrons. The highest BCUT2D eigenvalue weighted by molar-refractivity contribution is 5.90. The molecular weight excluding hydrogens is 256 g/mol. The van der Waals surface area contributed by atoms with E-state index >= 15 is 0 Å². The molecule has 0 spiro atoms. The van der Waals surface area contributed by atoms with E-state index in [9.17, 15) is 9.59 Å². The summed E-state index contributed by atoms with van der Waals surface area (Å²) in [5.74, 6) is 0.117. The van der Waals surface area contributed by atoms with Crippen molar-refractivity contribution >= 4 is 11.8 Å². The van der Waals surface area contributed by atoms with E-state index in [4.69, 9.17) is 0 Å². The fourth-order valence-electron chi connectivity index (χ4n) is 2.39. The lowest BCUT2D eigenvalue weighted by Gasteiger charge is -2.26. The standard InChI is InChI=1S/C14H22N4O2/c1-11(2)13-14(20)18(8-4-12(19)16-13)7-3-6-17-9-5-15-10-17/h5,9-11,13H,3-4,6-8H2,1-2H3,(H,16,19). The highest BCUT2D eigenvalue weighted by Gasteiger charge is 2.31. The zero-order valence-electron chi connectivity index (χ0n) is 12.1. The molecule has 1 aliphatic heterocycles. The topological polar surface area (TPSA) is 67.2 Å². The Morgan fingerprint density at radius 3 is 2.85 bits per heavy atom. The number of rotatable bonds is 5. The van der Waals surface area contributed by atoms with Crippen LogP contribution in [0.1, 0.15) is 26.7 Å². The molecule has 1 unspecified atom stereocenters. The first-order valence-electron chi connectivity index (χ1n) is 7.12. The first-order valence-corrected chi connectivity index (χ1v) is 7.12. The number of imidazole rings is 1. The Bertz CT molecular complexity index is 456. The maximum absolute atomic E-state index is 12.4. The lowest BCUT2D eigenvalue weighted by molar-refractivity contribution is -0.134. The average Bonchev–Trinajstić information content (AvgIpc) is 2.87. The van der Waals surface area contributed by atoms with Crippen LogP contribution in [-0.2, 0) is 16.1 Å². The molecule has 0 aliphatic carbocycles. The van der Waals surface area contributed by atoms with Crippen molar-refractivity contribution in [3.63, 3.8) is 0 Å². The average molecular weight is 278 g/mol. The van der Waals surface area contributed by atoms with Crippen molar-refractivity contribution in [2.45, 2.75) is 39.3 Å². The molecule has 0 saturated carbocycles. The number of nitrogens with zero attached hydrogens (tertiary/aromatic N) is 3. The van der Waals surface area contributed by atoms with Gasteiger partial charge in [0.25, 0.3) is 0 Å². The van der Waals surface area contributed by atoms with E-state index in [1.807, 2.05) is 24.6 Å². The number of amides is 2. The third kappa shape index (κ3) is 3.59. The molecule has 6 nitrogen and oxygen atoms in total. The highest BCUT2D eigenvalue weighted by Crippen LogP contribution is 2.11. The van der Waals surface area contributed by atoms with Gasteiger partial charge in [0, 0.05) is 38.4 Å². The number of hydrogen-bond acceptors (Lipinski definition) is 3. The van der Waals surface area contributed by atoms with Crippen molar-refractivity contribution in [2.24, 2.45) is 5.92 Å². The zero-order valence-corrected chi connectivity index (χ0v) is 12.1. The monoisotopic (exact) mass is 278 g/mol. The fourth-order valence-corrected chi connectivity index (χ4v) is 2.39. The molecule has 1 N–H and O–H groups in total. The second kappa shape index (κ2) is 6.54. The summed E-state index contributed by atoms with van der Waals surface area (Å²) < 4.78 is 1.99. The Labute approximate surface area is 119 Å². The third-order valence-corrected chi connectivity index (χ3v) is 3.57. The number of nitrogens with one attached hydrogen (secondary N) is 1. The van der Waals surface area contributed by atoms with Crippen molar-refractivity contribution in [2.75, 3.05) is 13.1 Å². The van der Waals surface area contributed by atoms with E-state index in [-0.39, 0.29) is 17.7 Å². The van der Waals surface area contributed by atoms with E-state index in [2.05, 4.69) is 10.3 Å². The Morgan fingerprint density at radius 1 is 1.40 bits per heavy atom. The molecule has 1 aromatic heterocycles. The van der Waals surface area contributed by atoms with E-state index in [1.54, 1.807) is 17.4 Å². The lowest BCUT2D eigenvalue weighted by atomic mass is 10.0. The summed E-state index contributed by atoms with van der Waals surface area (Å²) in [4.78, 5) is 29.9. The summed E-state index contributed by atoms with van der Waals surface area (Å²) in [6.45, 7) is 5.93.